The van der Waals surface area contributed by atoms with Gasteiger partial charge in [-0.3, -0.25) is 4.79 Å². The van der Waals surface area contributed by atoms with Gasteiger partial charge < -0.3 is 15.0 Å². The van der Waals surface area contributed by atoms with E-state index in [-0.39, 0.29) is 19.1 Å². The van der Waals surface area contributed by atoms with E-state index in [9.17, 15) is 4.79 Å². The van der Waals surface area contributed by atoms with Gasteiger partial charge in [0.05, 0.1) is 24.3 Å². The first-order valence-corrected chi connectivity index (χ1v) is 6.14. The molecule has 1 amide bonds. The molecule has 2 rings (SSSR count). The molecule has 0 saturated heterocycles. The largest absolute Gasteiger partial charge is 0.390 e. The molecule has 0 spiro atoms. The highest BCUT2D eigenvalue weighted by molar-refractivity contribution is 9.10. The normalized spacial score (nSPS) is 10.3. The lowest BCUT2D eigenvalue weighted by molar-refractivity contribution is -0.116. The average Bonchev–Trinajstić information content (AvgIpc) is 2.80. The summed E-state index contributed by atoms with van der Waals surface area (Å²) in [4.78, 5) is 15.7. The van der Waals surface area contributed by atoms with Crippen molar-refractivity contribution in [1.82, 2.24) is 9.55 Å². The Balaban J connectivity index is 1.99. The van der Waals surface area contributed by atoms with E-state index in [2.05, 4.69) is 26.2 Å². The number of para-hydroxylation sites is 1. The molecule has 0 unspecified atom stereocenters. The molecule has 0 aliphatic carbocycles. The first kappa shape index (κ1) is 12.8. The minimum atomic E-state index is -0.149. The number of benzene rings is 1. The topological polar surface area (TPSA) is 67.2 Å². The van der Waals surface area contributed by atoms with Gasteiger partial charge in [-0.25, -0.2) is 4.98 Å². The third kappa shape index (κ3) is 3.18. The van der Waals surface area contributed by atoms with Crippen LogP contribution in [0.4, 0.5) is 5.69 Å². The second-order valence-corrected chi connectivity index (χ2v) is 4.58. The predicted molar refractivity (Wildman–Crippen MR) is 70.9 cm³/mol. The Kier molecular flexibility index (Phi) is 4.11. The van der Waals surface area contributed by atoms with E-state index in [1.807, 2.05) is 24.3 Å². The van der Waals surface area contributed by atoms with E-state index in [1.165, 1.54) is 6.33 Å². The number of nitrogens with one attached hydrogen (secondary N) is 1. The van der Waals surface area contributed by atoms with Gasteiger partial charge in [-0.2, -0.15) is 0 Å². The molecular weight excluding hydrogens is 298 g/mol. The lowest BCUT2D eigenvalue weighted by atomic mass is 10.3. The molecule has 2 aromatic rings. The van der Waals surface area contributed by atoms with E-state index in [0.717, 1.165) is 10.2 Å². The number of aromatic nitrogens is 2. The molecule has 1 aromatic heterocycles. The standard InChI is InChI=1S/C12H12BrN3O2/c13-10-3-1-2-4-11(10)15-12(18)6-16-5-9(7-17)14-8-16/h1-5,8,17H,6-7H2,(H,15,18). The van der Waals surface area contributed by atoms with Crippen molar-refractivity contribution in [2.75, 3.05) is 5.32 Å². The summed E-state index contributed by atoms with van der Waals surface area (Å²) in [7, 11) is 0. The van der Waals surface area contributed by atoms with Gasteiger partial charge in [0.15, 0.2) is 0 Å². The summed E-state index contributed by atoms with van der Waals surface area (Å²) in [5.74, 6) is -0.149. The van der Waals surface area contributed by atoms with Crippen molar-refractivity contribution in [1.29, 1.82) is 0 Å². The van der Waals surface area contributed by atoms with Gasteiger partial charge in [-0.1, -0.05) is 12.1 Å². The lowest BCUT2D eigenvalue weighted by Gasteiger charge is -2.07. The third-order valence-corrected chi connectivity index (χ3v) is 3.01. The van der Waals surface area contributed by atoms with E-state index >= 15 is 0 Å². The van der Waals surface area contributed by atoms with Crippen molar-refractivity contribution < 1.29 is 9.90 Å². The maximum absolute atomic E-state index is 11.8. The monoisotopic (exact) mass is 309 g/mol. The van der Waals surface area contributed by atoms with Crippen LogP contribution < -0.4 is 5.32 Å². The molecule has 0 radical (unpaired) electrons. The Morgan fingerprint density at radius 1 is 1.44 bits per heavy atom. The lowest BCUT2D eigenvalue weighted by Crippen LogP contribution is -2.18. The summed E-state index contributed by atoms with van der Waals surface area (Å²) in [6.07, 6.45) is 3.16. The van der Waals surface area contributed by atoms with Crippen LogP contribution in [0.1, 0.15) is 5.69 Å². The number of rotatable bonds is 4. The number of aliphatic hydroxyl groups is 1. The highest BCUT2D eigenvalue weighted by Crippen LogP contribution is 2.21. The van der Waals surface area contributed by atoms with Gasteiger partial charge in [0.25, 0.3) is 0 Å². The molecule has 1 aromatic carbocycles. The van der Waals surface area contributed by atoms with Gasteiger partial charge in [0, 0.05) is 10.7 Å². The van der Waals surface area contributed by atoms with E-state index in [0.29, 0.717) is 5.69 Å². The fourth-order valence-electron chi connectivity index (χ4n) is 1.49. The molecule has 1 heterocycles. The van der Waals surface area contributed by atoms with Crippen LogP contribution in [0, 0.1) is 0 Å². The second kappa shape index (κ2) is 5.79. The van der Waals surface area contributed by atoms with Crippen LogP contribution in [0.3, 0.4) is 0 Å². The molecule has 0 bridgehead atoms. The first-order chi connectivity index (χ1) is 8.69. The molecule has 0 fully saturated rings. The zero-order chi connectivity index (χ0) is 13.0. The molecular formula is C12H12BrN3O2. The highest BCUT2D eigenvalue weighted by Gasteiger charge is 2.06. The molecule has 0 aliphatic heterocycles. The number of amides is 1. The number of hydrogen-bond donors (Lipinski definition) is 2. The number of carbonyl (C=O) groups is 1. The van der Waals surface area contributed by atoms with Crippen LogP contribution in [-0.2, 0) is 17.9 Å². The van der Waals surface area contributed by atoms with Crippen LogP contribution in [0.5, 0.6) is 0 Å². The van der Waals surface area contributed by atoms with E-state index in [4.69, 9.17) is 5.11 Å². The van der Waals surface area contributed by atoms with E-state index in [1.54, 1.807) is 10.8 Å². The zero-order valence-corrected chi connectivity index (χ0v) is 11.1. The number of anilines is 1. The number of imidazole rings is 1. The first-order valence-electron chi connectivity index (χ1n) is 5.35. The SMILES string of the molecule is O=C(Cn1cnc(CO)c1)Nc1ccccc1Br. The van der Waals surface area contributed by atoms with Crippen LogP contribution >= 0.6 is 15.9 Å². The fourth-order valence-corrected chi connectivity index (χ4v) is 1.88. The van der Waals surface area contributed by atoms with Crippen molar-refractivity contribution in [3.8, 4) is 0 Å². The Morgan fingerprint density at radius 3 is 2.89 bits per heavy atom. The molecule has 2 N–H and O–H groups in total. The Labute approximate surface area is 113 Å². The molecule has 5 nitrogen and oxygen atoms in total. The van der Waals surface area contributed by atoms with Crippen LogP contribution in [0.15, 0.2) is 41.3 Å². The maximum atomic E-state index is 11.8. The van der Waals surface area contributed by atoms with Gasteiger partial charge >= 0.3 is 0 Å². The fraction of sp³-hybridized carbons (Fsp3) is 0.167. The predicted octanol–water partition coefficient (Wildman–Crippen LogP) is 1.78. The van der Waals surface area contributed by atoms with Gasteiger partial charge in [-0.15, -0.1) is 0 Å². The molecule has 0 aliphatic rings. The quantitative estimate of drug-likeness (QED) is 0.904. The molecule has 0 saturated carbocycles. The third-order valence-electron chi connectivity index (χ3n) is 2.32. The molecule has 6 heteroatoms. The Bertz CT molecular complexity index is 554. The maximum Gasteiger partial charge on any atom is 0.244 e. The smallest absolute Gasteiger partial charge is 0.244 e. The van der Waals surface area contributed by atoms with E-state index < -0.39 is 0 Å². The molecule has 18 heavy (non-hydrogen) atoms. The second-order valence-electron chi connectivity index (χ2n) is 3.72. The summed E-state index contributed by atoms with van der Waals surface area (Å²) in [5.41, 5.74) is 1.27. The number of halogens is 1. The van der Waals surface area contributed by atoms with Gasteiger partial charge in [-0.05, 0) is 28.1 Å². The number of aliphatic hydroxyl groups excluding tert-OH is 1. The number of nitrogens with zero attached hydrogens (tertiary/aromatic N) is 2. The average molecular weight is 310 g/mol. The Hall–Kier alpha value is -1.66. The molecule has 94 valence electrons. The summed E-state index contributed by atoms with van der Waals surface area (Å²) in [6.45, 7) is 0.0349. The Morgan fingerprint density at radius 2 is 2.22 bits per heavy atom. The summed E-state index contributed by atoms with van der Waals surface area (Å²) in [6, 6.07) is 7.40. The summed E-state index contributed by atoms with van der Waals surface area (Å²) in [5, 5.41) is 11.7. The summed E-state index contributed by atoms with van der Waals surface area (Å²) < 4.78 is 2.46. The van der Waals surface area contributed by atoms with Gasteiger partial charge in [0.1, 0.15) is 6.54 Å². The van der Waals surface area contributed by atoms with Gasteiger partial charge in [0.2, 0.25) is 5.91 Å². The van der Waals surface area contributed by atoms with Crippen LogP contribution in [0.25, 0.3) is 0 Å². The molecule has 0 atom stereocenters. The highest BCUT2D eigenvalue weighted by atomic mass is 79.9. The van der Waals surface area contributed by atoms with Crippen molar-refractivity contribution in [2.45, 2.75) is 13.2 Å². The van der Waals surface area contributed by atoms with Crippen LogP contribution in [-0.4, -0.2) is 20.6 Å². The minimum absolute atomic E-state index is 0.126. The number of hydrogen-bond acceptors (Lipinski definition) is 3. The van der Waals surface area contributed by atoms with Crippen molar-refractivity contribution in [3.05, 3.63) is 47.0 Å². The van der Waals surface area contributed by atoms with Crippen molar-refractivity contribution >= 4 is 27.5 Å². The minimum Gasteiger partial charge on any atom is -0.390 e. The van der Waals surface area contributed by atoms with Crippen molar-refractivity contribution in [2.24, 2.45) is 0 Å². The van der Waals surface area contributed by atoms with Crippen LogP contribution in [0.2, 0.25) is 0 Å². The zero-order valence-electron chi connectivity index (χ0n) is 9.51. The van der Waals surface area contributed by atoms with Crippen molar-refractivity contribution in [3.63, 3.8) is 0 Å². The number of carbonyl (C=O) groups excluding carboxylic acids is 1. The summed E-state index contributed by atoms with van der Waals surface area (Å²) >= 11 is 3.36.